The van der Waals surface area contributed by atoms with Crippen LogP contribution in [0.4, 0.5) is 10.5 Å². The molecule has 0 bridgehead atoms. The average Bonchev–Trinajstić information content (AvgIpc) is 2.87. The van der Waals surface area contributed by atoms with Gasteiger partial charge in [-0.3, -0.25) is 4.79 Å². The number of urea groups is 1. The van der Waals surface area contributed by atoms with E-state index in [9.17, 15) is 9.59 Å². The van der Waals surface area contributed by atoms with E-state index < -0.39 is 6.03 Å². The summed E-state index contributed by atoms with van der Waals surface area (Å²) in [5.41, 5.74) is 9.31. The monoisotopic (exact) mass is 294 g/mol. The lowest BCUT2D eigenvalue weighted by Gasteiger charge is -2.10. The first-order chi connectivity index (χ1) is 10.6. The van der Waals surface area contributed by atoms with Gasteiger partial charge in [0.25, 0.3) is 5.91 Å². The first kappa shape index (κ1) is 13.7. The van der Waals surface area contributed by atoms with E-state index in [0.29, 0.717) is 16.9 Å². The van der Waals surface area contributed by atoms with Crippen LogP contribution >= 0.6 is 0 Å². The van der Waals surface area contributed by atoms with Crippen molar-refractivity contribution in [3.63, 3.8) is 0 Å². The largest absolute Gasteiger partial charge is 0.350 e. The summed E-state index contributed by atoms with van der Waals surface area (Å²) in [4.78, 5) is 23.7. The Bertz CT molecular complexity index is 840. The number of hydrogen-bond acceptors (Lipinski definition) is 2. The van der Waals surface area contributed by atoms with Crippen molar-refractivity contribution in [3.8, 4) is 0 Å². The summed E-state index contributed by atoms with van der Waals surface area (Å²) in [5.74, 6) is -0.337. The van der Waals surface area contributed by atoms with E-state index in [-0.39, 0.29) is 5.91 Å². The number of para-hydroxylation sites is 2. The van der Waals surface area contributed by atoms with Gasteiger partial charge in [0.15, 0.2) is 0 Å². The zero-order valence-electron chi connectivity index (χ0n) is 11.6. The molecule has 0 aliphatic heterocycles. The molecule has 4 N–H and O–H groups in total. The minimum Gasteiger partial charge on any atom is -0.350 e. The quantitative estimate of drug-likeness (QED) is 0.693. The van der Waals surface area contributed by atoms with E-state index in [1.807, 2.05) is 36.4 Å². The fourth-order valence-electron chi connectivity index (χ4n) is 2.27. The minimum absolute atomic E-state index is 0.295. The van der Waals surface area contributed by atoms with Gasteiger partial charge in [-0.1, -0.05) is 36.4 Å². The van der Waals surface area contributed by atoms with Gasteiger partial charge < -0.3 is 11.1 Å². The molecular formula is C16H14N4O2. The zero-order chi connectivity index (χ0) is 15.5. The van der Waals surface area contributed by atoms with Crippen LogP contribution in [0.1, 0.15) is 10.5 Å². The number of anilines is 1. The Morgan fingerprint density at radius 1 is 0.955 bits per heavy atom. The van der Waals surface area contributed by atoms with Crippen LogP contribution in [0, 0.1) is 0 Å². The highest BCUT2D eigenvalue weighted by Gasteiger charge is 2.16. The van der Waals surface area contributed by atoms with E-state index >= 15 is 0 Å². The Morgan fingerprint density at radius 2 is 1.64 bits per heavy atom. The van der Waals surface area contributed by atoms with Crippen molar-refractivity contribution in [1.29, 1.82) is 0 Å². The fourth-order valence-corrected chi connectivity index (χ4v) is 2.27. The van der Waals surface area contributed by atoms with E-state index in [0.717, 1.165) is 5.39 Å². The maximum atomic E-state index is 12.5. The Morgan fingerprint density at radius 3 is 2.36 bits per heavy atom. The van der Waals surface area contributed by atoms with Gasteiger partial charge in [-0.2, -0.15) is 0 Å². The smallest absolute Gasteiger partial charge is 0.331 e. The molecule has 1 aromatic heterocycles. The number of rotatable bonds is 3. The zero-order valence-corrected chi connectivity index (χ0v) is 11.6. The molecule has 0 saturated heterocycles. The molecule has 0 radical (unpaired) electrons. The van der Waals surface area contributed by atoms with Crippen LogP contribution in [-0.2, 0) is 0 Å². The molecule has 0 atom stereocenters. The van der Waals surface area contributed by atoms with Crippen LogP contribution in [0.5, 0.6) is 0 Å². The molecular weight excluding hydrogens is 280 g/mol. The number of amides is 3. The van der Waals surface area contributed by atoms with E-state index in [1.54, 1.807) is 24.3 Å². The number of nitrogens with two attached hydrogens (primary N) is 1. The number of nitrogens with one attached hydrogen (secondary N) is 2. The molecule has 3 amide bonds. The van der Waals surface area contributed by atoms with Crippen molar-refractivity contribution in [2.45, 2.75) is 0 Å². The summed E-state index contributed by atoms with van der Waals surface area (Å²) in [6.07, 6.45) is 0. The number of carbonyl (C=O) groups excluding carboxylic acids is 2. The summed E-state index contributed by atoms with van der Waals surface area (Å²) in [6, 6.07) is 17.4. The van der Waals surface area contributed by atoms with Gasteiger partial charge in [-0.05, 0) is 24.3 Å². The van der Waals surface area contributed by atoms with Crippen molar-refractivity contribution in [3.05, 3.63) is 66.4 Å². The second kappa shape index (κ2) is 5.61. The second-order valence-electron chi connectivity index (χ2n) is 4.72. The SMILES string of the molecule is NC(=O)Nn1c(C(=O)Nc2ccccc2)cc2ccccc21. The van der Waals surface area contributed by atoms with Crippen LogP contribution in [0.15, 0.2) is 60.7 Å². The number of nitrogens with zero attached hydrogens (tertiary/aromatic N) is 1. The molecule has 22 heavy (non-hydrogen) atoms. The molecule has 0 aliphatic rings. The van der Waals surface area contributed by atoms with Crippen LogP contribution in [0.3, 0.4) is 0 Å². The van der Waals surface area contributed by atoms with Crippen molar-refractivity contribution in [2.24, 2.45) is 5.73 Å². The molecule has 0 spiro atoms. The molecule has 2 aromatic carbocycles. The summed E-state index contributed by atoms with van der Waals surface area (Å²) >= 11 is 0. The Hall–Kier alpha value is -3.28. The van der Waals surface area contributed by atoms with E-state index in [4.69, 9.17) is 5.73 Å². The van der Waals surface area contributed by atoms with Gasteiger partial charge in [0.05, 0.1) is 5.52 Å². The normalized spacial score (nSPS) is 10.4. The fraction of sp³-hybridized carbons (Fsp3) is 0. The molecule has 0 saturated carbocycles. The topological polar surface area (TPSA) is 89.2 Å². The van der Waals surface area contributed by atoms with Crippen molar-refractivity contribution >= 4 is 28.5 Å². The van der Waals surface area contributed by atoms with E-state index in [2.05, 4.69) is 10.7 Å². The highest BCUT2D eigenvalue weighted by atomic mass is 16.2. The van der Waals surface area contributed by atoms with Crippen molar-refractivity contribution in [2.75, 3.05) is 10.7 Å². The number of benzene rings is 2. The number of primary amides is 1. The van der Waals surface area contributed by atoms with Gasteiger partial charge >= 0.3 is 6.03 Å². The van der Waals surface area contributed by atoms with Crippen molar-refractivity contribution in [1.82, 2.24) is 4.68 Å². The Labute approximate surface area is 126 Å². The molecule has 0 fully saturated rings. The second-order valence-corrected chi connectivity index (χ2v) is 4.72. The summed E-state index contributed by atoms with van der Waals surface area (Å²) in [6.45, 7) is 0. The molecule has 110 valence electrons. The molecule has 6 nitrogen and oxygen atoms in total. The number of carbonyl (C=O) groups is 2. The van der Waals surface area contributed by atoms with Crippen LogP contribution < -0.4 is 16.5 Å². The third-order valence-electron chi connectivity index (χ3n) is 3.20. The third-order valence-corrected chi connectivity index (χ3v) is 3.20. The lowest BCUT2D eigenvalue weighted by Crippen LogP contribution is -2.31. The minimum atomic E-state index is -0.741. The highest BCUT2D eigenvalue weighted by molar-refractivity contribution is 6.07. The maximum absolute atomic E-state index is 12.5. The molecule has 0 aliphatic carbocycles. The predicted octanol–water partition coefficient (Wildman–Crippen LogP) is 2.52. The molecule has 3 rings (SSSR count). The third kappa shape index (κ3) is 2.62. The standard InChI is InChI=1S/C16H14N4O2/c17-16(22)19-20-13-9-5-4-6-11(13)10-14(20)15(21)18-12-7-2-1-3-8-12/h1-10H,(H,18,21)(H3,17,19,22). The maximum Gasteiger partial charge on any atom is 0.331 e. The first-order valence-electron chi connectivity index (χ1n) is 6.68. The number of hydrogen-bond donors (Lipinski definition) is 3. The number of aromatic nitrogens is 1. The lowest BCUT2D eigenvalue weighted by molar-refractivity contribution is 0.102. The van der Waals surface area contributed by atoms with Crippen LogP contribution in [0.2, 0.25) is 0 Å². The Kier molecular flexibility index (Phi) is 3.49. The summed E-state index contributed by atoms with van der Waals surface area (Å²) in [7, 11) is 0. The average molecular weight is 294 g/mol. The van der Waals surface area contributed by atoms with Gasteiger partial charge in [-0.15, -0.1) is 0 Å². The van der Waals surface area contributed by atoms with Crippen LogP contribution in [-0.4, -0.2) is 16.6 Å². The Balaban J connectivity index is 2.01. The molecule has 0 unspecified atom stereocenters. The molecule has 3 aromatic rings. The number of fused-ring (bicyclic) bond motifs is 1. The van der Waals surface area contributed by atoms with Crippen molar-refractivity contribution < 1.29 is 9.59 Å². The lowest BCUT2D eigenvalue weighted by atomic mass is 10.2. The van der Waals surface area contributed by atoms with Gasteiger partial charge in [0.2, 0.25) is 0 Å². The first-order valence-corrected chi connectivity index (χ1v) is 6.68. The predicted molar refractivity (Wildman–Crippen MR) is 85.3 cm³/mol. The highest BCUT2D eigenvalue weighted by Crippen LogP contribution is 2.19. The van der Waals surface area contributed by atoms with E-state index in [1.165, 1.54) is 4.68 Å². The van der Waals surface area contributed by atoms with Crippen LogP contribution in [0.25, 0.3) is 10.9 Å². The van der Waals surface area contributed by atoms with Gasteiger partial charge in [0, 0.05) is 11.1 Å². The van der Waals surface area contributed by atoms with Gasteiger partial charge in [0.1, 0.15) is 5.69 Å². The summed E-state index contributed by atoms with van der Waals surface area (Å²) in [5, 5.41) is 3.61. The molecule has 6 heteroatoms. The molecule has 1 heterocycles. The summed E-state index contributed by atoms with van der Waals surface area (Å²) < 4.78 is 1.38. The van der Waals surface area contributed by atoms with Gasteiger partial charge in [-0.25, -0.2) is 14.9 Å².